The molecule has 0 aliphatic rings. The first-order valence-electron chi connectivity index (χ1n) is 7.39. The van der Waals surface area contributed by atoms with E-state index in [0.717, 1.165) is 12.0 Å². The molecule has 0 unspecified atom stereocenters. The molecule has 0 radical (unpaired) electrons. The molecule has 4 nitrogen and oxygen atoms in total. The van der Waals surface area contributed by atoms with Crippen LogP contribution in [0.4, 0.5) is 0 Å². The third kappa shape index (κ3) is 5.42. The van der Waals surface area contributed by atoms with Crippen LogP contribution in [0.2, 0.25) is 5.02 Å². The van der Waals surface area contributed by atoms with Gasteiger partial charge in [-0.15, -0.1) is 0 Å². The second-order valence-electron chi connectivity index (χ2n) is 5.03. The van der Waals surface area contributed by atoms with Crippen LogP contribution in [0, 0.1) is 0 Å². The Bertz CT molecular complexity index is 679. The van der Waals surface area contributed by atoms with Crippen molar-refractivity contribution in [3.8, 4) is 5.75 Å². The van der Waals surface area contributed by atoms with Crippen molar-refractivity contribution in [2.45, 2.75) is 20.3 Å². The molecular weight excluding hydrogens is 312 g/mol. The van der Waals surface area contributed by atoms with Crippen LogP contribution in [0.3, 0.4) is 0 Å². The zero-order chi connectivity index (χ0) is 16.7. The Hall–Kier alpha value is -2.33. The molecule has 5 heteroatoms. The summed E-state index contributed by atoms with van der Waals surface area (Å²) >= 11 is 5.84. The first-order chi connectivity index (χ1) is 11.1. The summed E-state index contributed by atoms with van der Waals surface area (Å²) in [5.74, 6) is 0.355. The van der Waals surface area contributed by atoms with E-state index >= 15 is 0 Å². The minimum absolute atomic E-state index is 0.0805. The Morgan fingerprint density at radius 1 is 1.13 bits per heavy atom. The van der Waals surface area contributed by atoms with Gasteiger partial charge in [-0.3, -0.25) is 4.79 Å². The summed E-state index contributed by atoms with van der Waals surface area (Å²) < 4.78 is 5.42. The van der Waals surface area contributed by atoms with E-state index in [1.54, 1.807) is 12.1 Å². The van der Waals surface area contributed by atoms with Crippen LogP contribution in [0.5, 0.6) is 5.75 Å². The van der Waals surface area contributed by atoms with Crippen molar-refractivity contribution < 1.29 is 9.53 Å². The molecule has 0 aliphatic heterocycles. The normalized spacial score (nSPS) is 11.2. The molecule has 0 heterocycles. The SMILES string of the molecule is CCc1ccc(OCC(=O)NN=C(C)c2ccc(Cl)cc2)cc1. The number of carbonyl (C=O) groups is 1. The Morgan fingerprint density at radius 3 is 2.39 bits per heavy atom. The minimum Gasteiger partial charge on any atom is -0.484 e. The predicted octanol–water partition coefficient (Wildman–Crippen LogP) is 3.82. The Labute approximate surface area is 141 Å². The lowest BCUT2D eigenvalue weighted by atomic mass is 10.1. The average Bonchev–Trinajstić information content (AvgIpc) is 2.59. The van der Waals surface area contributed by atoms with Crippen molar-refractivity contribution in [3.05, 3.63) is 64.7 Å². The second-order valence-corrected chi connectivity index (χ2v) is 5.46. The van der Waals surface area contributed by atoms with Gasteiger partial charge in [-0.05, 0) is 48.7 Å². The third-order valence-corrected chi connectivity index (χ3v) is 3.56. The molecule has 0 aliphatic carbocycles. The maximum Gasteiger partial charge on any atom is 0.277 e. The van der Waals surface area contributed by atoms with Crippen molar-refractivity contribution in [2.75, 3.05) is 6.61 Å². The molecule has 1 N–H and O–H groups in total. The highest BCUT2D eigenvalue weighted by atomic mass is 35.5. The van der Waals surface area contributed by atoms with Gasteiger partial charge in [-0.25, -0.2) is 5.43 Å². The average molecular weight is 331 g/mol. The van der Waals surface area contributed by atoms with Gasteiger partial charge in [0.15, 0.2) is 6.61 Å². The van der Waals surface area contributed by atoms with E-state index in [4.69, 9.17) is 16.3 Å². The number of hydrogen-bond donors (Lipinski definition) is 1. The van der Waals surface area contributed by atoms with Crippen molar-refractivity contribution in [1.82, 2.24) is 5.43 Å². The Kier molecular flexibility index (Phi) is 6.18. The number of benzene rings is 2. The zero-order valence-corrected chi connectivity index (χ0v) is 13.9. The lowest BCUT2D eigenvalue weighted by Gasteiger charge is -2.06. The van der Waals surface area contributed by atoms with Gasteiger partial charge in [0.2, 0.25) is 0 Å². The summed E-state index contributed by atoms with van der Waals surface area (Å²) in [6.45, 7) is 3.82. The van der Waals surface area contributed by atoms with Gasteiger partial charge in [-0.2, -0.15) is 5.10 Å². The van der Waals surface area contributed by atoms with Gasteiger partial charge >= 0.3 is 0 Å². The molecule has 2 aromatic carbocycles. The van der Waals surface area contributed by atoms with E-state index in [9.17, 15) is 4.79 Å². The predicted molar refractivity (Wildman–Crippen MR) is 93.1 cm³/mol. The van der Waals surface area contributed by atoms with Crippen LogP contribution in [0.1, 0.15) is 25.0 Å². The monoisotopic (exact) mass is 330 g/mol. The quantitative estimate of drug-likeness (QED) is 0.646. The van der Waals surface area contributed by atoms with Crippen LogP contribution in [-0.4, -0.2) is 18.2 Å². The van der Waals surface area contributed by atoms with E-state index < -0.39 is 0 Å². The largest absolute Gasteiger partial charge is 0.484 e. The summed E-state index contributed by atoms with van der Waals surface area (Å²) in [5.41, 5.74) is 5.30. The summed E-state index contributed by atoms with van der Waals surface area (Å²) in [4.78, 5) is 11.8. The molecule has 120 valence electrons. The third-order valence-electron chi connectivity index (χ3n) is 3.31. The summed E-state index contributed by atoms with van der Waals surface area (Å²) in [5, 5.41) is 4.72. The number of ether oxygens (including phenoxy) is 1. The number of hydrogen-bond acceptors (Lipinski definition) is 3. The van der Waals surface area contributed by atoms with Gasteiger partial charge < -0.3 is 4.74 Å². The molecule has 2 rings (SSSR count). The highest BCUT2D eigenvalue weighted by molar-refractivity contribution is 6.30. The van der Waals surface area contributed by atoms with Crippen molar-refractivity contribution in [3.63, 3.8) is 0 Å². The van der Waals surface area contributed by atoms with Crippen LogP contribution < -0.4 is 10.2 Å². The van der Waals surface area contributed by atoms with Gasteiger partial charge in [-0.1, -0.05) is 42.8 Å². The number of nitrogens with zero attached hydrogens (tertiary/aromatic N) is 1. The van der Waals surface area contributed by atoms with Gasteiger partial charge in [0.25, 0.3) is 5.91 Å². The Morgan fingerprint density at radius 2 is 1.78 bits per heavy atom. The fraction of sp³-hybridized carbons (Fsp3) is 0.222. The van der Waals surface area contributed by atoms with E-state index in [1.807, 2.05) is 43.3 Å². The van der Waals surface area contributed by atoms with Crippen LogP contribution in [0.15, 0.2) is 53.6 Å². The summed E-state index contributed by atoms with van der Waals surface area (Å²) in [6, 6.07) is 14.9. The maximum absolute atomic E-state index is 11.8. The molecule has 0 spiro atoms. The standard InChI is InChI=1S/C18H19ClN2O2/c1-3-14-4-10-17(11-5-14)23-12-18(22)21-20-13(2)15-6-8-16(19)9-7-15/h4-11H,3,12H2,1-2H3,(H,21,22). The van der Waals surface area contributed by atoms with Crippen molar-refractivity contribution >= 4 is 23.2 Å². The molecule has 0 saturated heterocycles. The number of halogens is 1. The second kappa shape index (κ2) is 8.34. The molecule has 1 amide bonds. The maximum atomic E-state index is 11.8. The smallest absolute Gasteiger partial charge is 0.277 e. The summed E-state index contributed by atoms with van der Waals surface area (Å²) in [7, 11) is 0. The number of carbonyl (C=O) groups excluding carboxylic acids is 1. The van der Waals surface area contributed by atoms with Crippen molar-refractivity contribution in [1.29, 1.82) is 0 Å². The lowest BCUT2D eigenvalue weighted by Crippen LogP contribution is -2.25. The molecular formula is C18H19ClN2O2. The van der Waals surface area contributed by atoms with E-state index in [-0.39, 0.29) is 12.5 Å². The molecule has 2 aromatic rings. The van der Waals surface area contributed by atoms with E-state index in [0.29, 0.717) is 16.5 Å². The first-order valence-corrected chi connectivity index (χ1v) is 7.77. The Balaban J connectivity index is 1.84. The van der Waals surface area contributed by atoms with Crippen LogP contribution in [0.25, 0.3) is 0 Å². The fourth-order valence-corrected chi connectivity index (χ4v) is 2.03. The number of aryl methyl sites for hydroxylation is 1. The number of hydrazone groups is 1. The van der Waals surface area contributed by atoms with E-state index in [1.165, 1.54) is 5.56 Å². The van der Waals surface area contributed by atoms with Crippen LogP contribution in [-0.2, 0) is 11.2 Å². The number of amides is 1. The van der Waals surface area contributed by atoms with Crippen LogP contribution >= 0.6 is 11.6 Å². The van der Waals surface area contributed by atoms with Gasteiger partial charge in [0.05, 0.1) is 5.71 Å². The van der Waals surface area contributed by atoms with Gasteiger partial charge in [0, 0.05) is 5.02 Å². The van der Waals surface area contributed by atoms with E-state index in [2.05, 4.69) is 17.5 Å². The molecule has 0 saturated carbocycles. The highest BCUT2D eigenvalue weighted by Gasteiger charge is 2.03. The lowest BCUT2D eigenvalue weighted by molar-refractivity contribution is -0.123. The summed E-state index contributed by atoms with van der Waals surface area (Å²) in [6.07, 6.45) is 0.972. The molecule has 23 heavy (non-hydrogen) atoms. The zero-order valence-electron chi connectivity index (χ0n) is 13.2. The fourth-order valence-electron chi connectivity index (χ4n) is 1.90. The van der Waals surface area contributed by atoms with Crippen molar-refractivity contribution in [2.24, 2.45) is 5.10 Å². The van der Waals surface area contributed by atoms with Gasteiger partial charge in [0.1, 0.15) is 5.75 Å². The first kappa shape index (κ1) is 17.0. The molecule has 0 atom stereocenters. The molecule has 0 fully saturated rings. The topological polar surface area (TPSA) is 50.7 Å². The minimum atomic E-state index is -0.308. The molecule has 0 bridgehead atoms. The highest BCUT2D eigenvalue weighted by Crippen LogP contribution is 2.12. The number of nitrogens with one attached hydrogen (secondary N) is 1. The molecule has 0 aromatic heterocycles. The number of rotatable bonds is 6.